The van der Waals surface area contributed by atoms with Crippen LogP contribution in [0.2, 0.25) is 0 Å². The van der Waals surface area contributed by atoms with Crippen LogP contribution in [0.25, 0.3) is 6.08 Å². The molecule has 0 aromatic heterocycles. The smallest absolute Gasteiger partial charge is 0.266 e. The van der Waals surface area contributed by atoms with Crippen LogP contribution in [0.5, 0.6) is 5.75 Å². The van der Waals surface area contributed by atoms with Crippen LogP contribution in [0.1, 0.15) is 12.5 Å². The van der Waals surface area contributed by atoms with Crippen LogP contribution < -0.4 is 4.74 Å². The number of nitrogens with zero attached hydrogens (tertiary/aromatic N) is 1. The van der Waals surface area contributed by atoms with E-state index in [1.54, 1.807) is 12.0 Å². The van der Waals surface area contributed by atoms with Gasteiger partial charge in [0.05, 0.1) is 19.2 Å². The first kappa shape index (κ1) is 16.5. The van der Waals surface area contributed by atoms with Gasteiger partial charge in [-0.25, -0.2) is 0 Å². The van der Waals surface area contributed by atoms with Crippen molar-refractivity contribution in [3.63, 3.8) is 0 Å². The van der Waals surface area contributed by atoms with Gasteiger partial charge in [0.1, 0.15) is 10.1 Å². The van der Waals surface area contributed by atoms with Crippen molar-refractivity contribution in [3.8, 4) is 5.75 Å². The molecule has 0 aliphatic carbocycles. The van der Waals surface area contributed by atoms with Crippen LogP contribution in [0.4, 0.5) is 0 Å². The van der Waals surface area contributed by atoms with Gasteiger partial charge in [-0.3, -0.25) is 9.69 Å². The summed E-state index contributed by atoms with van der Waals surface area (Å²) in [6.45, 7) is 2.53. The van der Waals surface area contributed by atoms with Gasteiger partial charge in [-0.05, 0) is 75.9 Å². The molecule has 0 bridgehead atoms. The topological polar surface area (TPSA) is 29.5 Å². The second kappa shape index (κ2) is 6.93. The molecule has 3 nitrogen and oxygen atoms in total. The Labute approximate surface area is 154 Å². The van der Waals surface area contributed by atoms with E-state index in [2.05, 4.69) is 45.2 Å². The minimum absolute atomic E-state index is 0.0108. The zero-order chi connectivity index (χ0) is 14.9. The van der Waals surface area contributed by atoms with Gasteiger partial charge in [0.25, 0.3) is 5.91 Å². The fraction of sp³-hybridized carbons (Fsp3) is 0.231. The Bertz CT molecular complexity index is 593. The van der Waals surface area contributed by atoms with Crippen LogP contribution >= 0.6 is 69.2 Å². The quantitative estimate of drug-likeness (QED) is 0.334. The van der Waals surface area contributed by atoms with Gasteiger partial charge < -0.3 is 4.74 Å². The molecule has 1 aliphatic heterocycles. The summed E-state index contributed by atoms with van der Waals surface area (Å²) in [5.41, 5.74) is 0.983. The molecule has 20 heavy (non-hydrogen) atoms. The number of thioether (sulfide) groups is 1. The molecule has 2 rings (SSSR count). The van der Waals surface area contributed by atoms with E-state index in [0.29, 0.717) is 15.8 Å². The molecule has 7 heteroatoms. The van der Waals surface area contributed by atoms with Crippen molar-refractivity contribution < 1.29 is 9.53 Å². The summed E-state index contributed by atoms with van der Waals surface area (Å²) in [5, 5.41) is 0. The van der Waals surface area contributed by atoms with Gasteiger partial charge in [-0.2, -0.15) is 0 Å². The number of halogens is 2. The lowest BCUT2D eigenvalue weighted by molar-refractivity contribution is -0.121. The molecular weight excluding hydrogens is 520 g/mol. The van der Waals surface area contributed by atoms with Crippen LogP contribution in [-0.4, -0.2) is 28.8 Å². The lowest BCUT2D eigenvalue weighted by atomic mass is 10.2. The van der Waals surface area contributed by atoms with Crippen molar-refractivity contribution in [2.45, 2.75) is 6.92 Å². The number of likely N-dealkylation sites (N-methyl/N-ethyl adjacent to an activating group) is 1. The van der Waals surface area contributed by atoms with Gasteiger partial charge >= 0.3 is 0 Å². The molecule has 1 heterocycles. The van der Waals surface area contributed by atoms with Crippen molar-refractivity contribution in [1.82, 2.24) is 4.90 Å². The maximum atomic E-state index is 12.2. The molecule has 0 unspecified atom stereocenters. The fourth-order valence-electron chi connectivity index (χ4n) is 1.78. The standard InChI is InChI=1S/C13H11I2NO2S2/c1-3-16-12(17)10(20-13(16)19)6-7-4-8(14)11(18-2)9(15)5-7/h4-6H,3H2,1-2H3/b10-6-. The predicted molar refractivity (Wildman–Crippen MR) is 104 cm³/mol. The van der Waals surface area contributed by atoms with Crippen molar-refractivity contribution in [2.75, 3.05) is 13.7 Å². The molecule has 0 radical (unpaired) electrons. The second-order valence-electron chi connectivity index (χ2n) is 3.94. The molecular formula is C13H11I2NO2S2. The molecule has 0 saturated carbocycles. The Morgan fingerprint density at radius 3 is 2.45 bits per heavy atom. The summed E-state index contributed by atoms with van der Waals surface area (Å²) in [7, 11) is 1.66. The summed E-state index contributed by atoms with van der Waals surface area (Å²) < 4.78 is 8.01. The summed E-state index contributed by atoms with van der Waals surface area (Å²) in [6.07, 6.45) is 1.89. The summed E-state index contributed by atoms with van der Waals surface area (Å²) in [4.78, 5) is 14.5. The summed E-state index contributed by atoms with van der Waals surface area (Å²) in [5.74, 6) is 0.854. The van der Waals surface area contributed by atoms with E-state index in [9.17, 15) is 4.79 Å². The Kier molecular flexibility index (Phi) is 5.71. The molecule has 0 spiro atoms. The SMILES string of the molecule is CCN1C(=O)/C(=C/c2cc(I)c(OC)c(I)c2)SC1=S. The van der Waals surface area contributed by atoms with E-state index in [4.69, 9.17) is 17.0 Å². The summed E-state index contributed by atoms with van der Waals surface area (Å²) >= 11 is 11.0. The van der Waals surface area contributed by atoms with Gasteiger partial charge in [-0.1, -0.05) is 24.0 Å². The highest BCUT2D eigenvalue weighted by Gasteiger charge is 2.30. The van der Waals surface area contributed by atoms with E-state index in [0.717, 1.165) is 18.5 Å². The molecule has 1 aromatic carbocycles. The van der Waals surface area contributed by atoms with Gasteiger partial charge in [0, 0.05) is 6.54 Å². The van der Waals surface area contributed by atoms with Gasteiger partial charge in [-0.15, -0.1) is 0 Å². The average molecular weight is 531 g/mol. The third-order valence-corrected chi connectivity index (χ3v) is 5.69. The lowest BCUT2D eigenvalue weighted by Crippen LogP contribution is -2.27. The Hall–Kier alpha value is 0.130. The zero-order valence-corrected chi connectivity index (χ0v) is 16.7. The predicted octanol–water partition coefficient (Wildman–Crippen LogP) is 4.13. The number of carbonyl (C=O) groups is 1. The number of ether oxygens (including phenoxy) is 1. The van der Waals surface area contributed by atoms with E-state index < -0.39 is 0 Å². The monoisotopic (exact) mass is 531 g/mol. The van der Waals surface area contributed by atoms with Crippen LogP contribution in [0.15, 0.2) is 17.0 Å². The van der Waals surface area contributed by atoms with Crippen LogP contribution in [0.3, 0.4) is 0 Å². The highest BCUT2D eigenvalue weighted by Crippen LogP contribution is 2.34. The number of rotatable bonds is 3. The number of hydrogen-bond acceptors (Lipinski definition) is 4. The molecule has 1 saturated heterocycles. The summed E-state index contributed by atoms with van der Waals surface area (Å²) in [6, 6.07) is 4.00. The number of benzene rings is 1. The van der Waals surface area contributed by atoms with E-state index >= 15 is 0 Å². The third-order valence-electron chi connectivity index (χ3n) is 2.71. The number of methoxy groups -OCH3 is 1. The molecule has 1 amide bonds. The fourth-order valence-corrected chi connectivity index (χ4v) is 5.42. The zero-order valence-electron chi connectivity index (χ0n) is 10.8. The highest BCUT2D eigenvalue weighted by molar-refractivity contribution is 14.1. The molecule has 1 fully saturated rings. The van der Waals surface area contributed by atoms with Crippen LogP contribution in [-0.2, 0) is 4.79 Å². The maximum Gasteiger partial charge on any atom is 0.266 e. The Balaban J connectivity index is 2.37. The lowest BCUT2D eigenvalue weighted by Gasteiger charge is -2.09. The molecule has 0 N–H and O–H groups in total. The Morgan fingerprint density at radius 1 is 1.40 bits per heavy atom. The van der Waals surface area contributed by atoms with Crippen molar-refractivity contribution in [1.29, 1.82) is 0 Å². The molecule has 106 valence electrons. The van der Waals surface area contributed by atoms with E-state index in [1.807, 2.05) is 25.1 Å². The van der Waals surface area contributed by atoms with Crippen molar-refractivity contribution in [2.24, 2.45) is 0 Å². The number of hydrogen-bond donors (Lipinski definition) is 0. The second-order valence-corrected chi connectivity index (χ2v) is 7.94. The first-order valence-corrected chi connectivity index (χ1v) is 9.14. The number of amides is 1. The normalized spacial score (nSPS) is 17.2. The van der Waals surface area contributed by atoms with E-state index in [-0.39, 0.29) is 5.91 Å². The van der Waals surface area contributed by atoms with Gasteiger partial charge in [0.2, 0.25) is 0 Å². The Morgan fingerprint density at radius 2 is 2.00 bits per heavy atom. The molecule has 0 atom stereocenters. The third kappa shape index (κ3) is 3.30. The van der Waals surface area contributed by atoms with Crippen LogP contribution in [0, 0.1) is 7.14 Å². The molecule has 1 aliphatic rings. The first-order chi connectivity index (χ1) is 9.47. The largest absolute Gasteiger partial charge is 0.495 e. The average Bonchev–Trinajstić information content (AvgIpc) is 2.63. The molecule has 1 aromatic rings. The number of thiocarbonyl (C=S) groups is 1. The van der Waals surface area contributed by atoms with Gasteiger partial charge in [0.15, 0.2) is 0 Å². The number of carbonyl (C=O) groups excluding carboxylic acids is 1. The highest BCUT2D eigenvalue weighted by atomic mass is 127. The minimum atomic E-state index is -0.0108. The van der Waals surface area contributed by atoms with E-state index in [1.165, 1.54) is 11.8 Å². The maximum absolute atomic E-state index is 12.2. The van der Waals surface area contributed by atoms with Crippen molar-refractivity contribution >= 4 is 85.5 Å². The first-order valence-electron chi connectivity index (χ1n) is 5.76. The minimum Gasteiger partial charge on any atom is -0.495 e. The van der Waals surface area contributed by atoms with Crippen molar-refractivity contribution in [3.05, 3.63) is 29.7 Å².